The Balaban J connectivity index is 2.37. The highest BCUT2D eigenvalue weighted by atomic mass is 32.2. The summed E-state index contributed by atoms with van der Waals surface area (Å²) in [6.45, 7) is 2.60. The number of carbonyl (C=O) groups is 1. The van der Waals surface area contributed by atoms with Gasteiger partial charge in [-0.2, -0.15) is 0 Å². The lowest BCUT2D eigenvalue weighted by Crippen LogP contribution is -2.25. The molecule has 3 N–H and O–H groups in total. The molecule has 1 amide bonds. The largest absolute Gasteiger partial charge is 0.450 e. The van der Waals surface area contributed by atoms with Crippen LogP contribution in [0.4, 0.5) is 4.79 Å². The maximum absolute atomic E-state index is 11.1. The highest BCUT2D eigenvalue weighted by Crippen LogP contribution is 2.10. The molecule has 0 unspecified atom stereocenters. The Kier molecular flexibility index (Phi) is 5.78. The van der Waals surface area contributed by atoms with Crippen LogP contribution in [0.3, 0.4) is 0 Å². The number of aryl methyl sites for hydroxylation is 1. The molecule has 0 spiro atoms. The molecule has 6 nitrogen and oxygen atoms in total. The molecule has 0 radical (unpaired) electrons. The van der Waals surface area contributed by atoms with Gasteiger partial charge in [0, 0.05) is 6.54 Å². The second-order valence-electron chi connectivity index (χ2n) is 3.94. The van der Waals surface area contributed by atoms with Gasteiger partial charge in [-0.15, -0.1) is 0 Å². The van der Waals surface area contributed by atoms with Gasteiger partial charge in [-0.05, 0) is 37.5 Å². The third-order valence-corrected chi connectivity index (χ3v) is 3.37. The lowest BCUT2D eigenvalue weighted by atomic mass is 10.1. The summed E-state index contributed by atoms with van der Waals surface area (Å²) in [6.07, 6.45) is 1.05. The van der Waals surface area contributed by atoms with Crippen LogP contribution >= 0.6 is 0 Å². The number of primary sulfonamides is 1. The van der Waals surface area contributed by atoms with Crippen molar-refractivity contribution in [2.24, 2.45) is 5.14 Å². The van der Waals surface area contributed by atoms with E-state index in [-0.39, 0.29) is 4.90 Å². The molecule has 0 aliphatic heterocycles. The Labute approximate surface area is 113 Å². The highest BCUT2D eigenvalue weighted by molar-refractivity contribution is 7.89. The number of amides is 1. The van der Waals surface area contributed by atoms with Gasteiger partial charge in [-0.25, -0.2) is 18.4 Å². The molecular weight excluding hydrogens is 268 g/mol. The quantitative estimate of drug-likeness (QED) is 0.762. The zero-order valence-electron chi connectivity index (χ0n) is 10.8. The summed E-state index contributed by atoms with van der Waals surface area (Å²) < 4.78 is 26.8. The van der Waals surface area contributed by atoms with Crippen molar-refractivity contribution in [1.29, 1.82) is 0 Å². The van der Waals surface area contributed by atoms with Crippen molar-refractivity contribution in [2.45, 2.75) is 24.7 Å². The minimum Gasteiger partial charge on any atom is -0.450 e. The van der Waals surface area contributed by atoms with E-state index in [1.807, 2.05) is 0 Å². The molecule has 19 heavy (non-hydrogen) atoms. The van der Waals surface area contributed by atoms with Crippen molar-refractivity contribution in [2.75, 3.05) is 13.2 Å². The van der Waals surface area contributed by atoms with E-state index in [2.05, 4.69) is 5.32 Å². The topological polar surface area (TPSA) is 98.5 Å². The molecule has 0 heterocycles. The van der Waals surface area contributed by atoms with Crippen molar-refractivity contribution in [1.82, 2.24) is 5.32 Å². The Morgan fingerprint density at radius 2 is 1.95 bits per heavy atom. The van der Waals surface area contributed by atoms with Gasteiger partial charge >= 0.3 is 6.09 Å². The molecule has 0 aromatic heterocycles. The normalized spacial score (nSPS) is 11.1. The molecule has 0 aliphatic carbocycles. The van der Waals surface area contributed by atoms with Crippen LogP contribution in [-0.2, 0) is 21.2 Å². The summed E-state index contributed by atoms with van der Waals surface area (Å²) >= 11 is 0. The van der Waals surface area contributed by atoms with E-state index in [1.165, 1.54) is 12.1 Å². The number of sulfonamides is 1. The van der Waals surface area contributed by atoms with E-state index in [9.17, 15) is 13.2 Å². The third kappa shape index (κ3) is 5.71. The first-order valence-electron chi connectivity index (χ1n) is 5.96. The van der Waals surface area contributed by atoms with Gasteiger partial charge in [0.1, 0.15) is 0 Å². The standard InChI is InChI=1S/C12H18N2O4S/c1-2-18-12(15)14-9-3-4-10-5-7-11(8-6-10)19(13,16)17/h5-8H,2-4,9H2,1H3,(H,14,15)(H2,13,16,17). The number of rotatable bonds is 6. The molecule has 1 rings (SSSR count). The predicted octanol–water partition coefficient (Wildman–Crippen LogP) is 1.01. The van der Waals surface area contributed by atoms with E-state index in [0.29, 0.717) is 13.2 Å². The van der Waals surface area contributed by atoms with Gasteiger partial charge in [-0.3, -0.25) is 0 Å². The minimum atomic E-state index is -3.64. The van der Waals surface area contributed by atoms with Gasteiger partial charge in [0.2, 0.25) is 10.0 Å². The number of carbonyl (C=O) groups excluding carboxylic acids is 1. The number of nitrogens with two attached hydrogens (primary N) is 1. The van der Waals surface area contributed by atoms with E-state index in [0.717, 1.165) is 18.4 Å². The molecule has 0 bridgehead atoms. The number of ether oxygens (including phenoxy) is 1. The number of benzene rings is 1. The number of hydrogen-bond donors (Lipinski definition) is 2. The molecule has 0 fully saturated rings. The third-order valence-electron chi connectivity index (χ3n) is 2.44. The van der Waals surface area contributed by atoms with Crippen LogP contribution in [-0.4, -0.2) is 27.7 Å². The Morgan fingerprint density at radius 1 is 1.32 bits per heavy atom. The van der Waals surface area contributed by atoms with Crippen LogP contribution in [0.25, 0.3) is 0 Å². The first-order valence-corrected chi connectivity index (χ1v) is 7.50. The lowest BCUT2D eigenvalue weighted by Gasteiger charge is -2.05. The summed E-state index contributed by atoms with van der Waals surface area (Å²) in [5.41, 5.74) is 0.984. The van der Waals surface area contributed by atoms with Crippen LogP contribution in [0.1, 0.15) is 18.9 Å². The van der Waals surface area contributed by atoms with Crippen LogP contribution < -0.4 is 10.5 Å². The average Bonchev–Trinajstić information content (AvgIpc) is 2.34. The van der Waals surface area contributed by atoms with Gasteiger partial charge in [0.05, 0.1) is 11.5 Å². The summed E-state index contributed by atoms with van der Waals surface area (Å²) in [7, 11) is -3.64. The Morgan fingerprint density at radius 3 is 2.47 bits per heavy atom. The van der Waals surface area contributed by atoms with Gasteiger partial charge < -0.3 is 10.1 Å². The molecule has 1 aromatic rings. The summed E-state index contributed by atoms with van der Waals surface area (Å²) in [5.74, 6) is 0. The van der Waals surface area contributed by atoms with Crippen molar-refractivity contribution in [3.05, 3.63) is 29.8 Å². The predicted molar refractivity (Wildman–Crippen MR) is 71.2 cm³/mol. The highest BCUT2D eigenvalue weighted by Gasteiger charge is 2.06. The SMILES string of the molecule is CCOC(=O)NCCCc1ccc(S(N)(=O)=O)cc1. The van der Waals surface area contributed by atoms with E-state index < -0.39 is 16.1 Å². The molecule has 7 heteroatoms. The first-order chi connectivity index (χ1) is 8.93. The van der Waals surface area contributed by atoms with E-state index >= 15 is 0 Å². The summed E-state index contributed by atoms with van der Waals surface area (Å²) in [5, 5.41) is 7.61. The summed E-state index contributed by atoms with van der Waals surface area (Å²) in [6, 6.07) is 6.38. The number of nitrogens with one attached hydrogen (secondary N) is 1. The maximum Gasteiger partial charge on any atom is 0.407 e. The molecule has 0 saturated carbocycles. The second-order valence-corrected chi connectivity index (χ2v) is 5.50. The fourth-order valence-corrected chi connectivity index (χ4v) is 2.03. The molecule has 106 valence electrons. The van der Waals surface area contributed by atoms with Crippen LogP contribution in [0.5, 0.6) is 0 Å². The van der Waals surface area contributed by atoms with Gasteiger partial charge in [0.15, 0.2) is 0 Å². The van der Waals surface area contributed by atoms with Gasteiger partial charge in [-0.1, -0.05) is 12.1 Å². The van der Waals surface area contributed by atoms with Crippen molar-refractivity contribution in [3.63, 3.8) is 0 Å². The number of hydrogen-bond acceptors (Lipinski definition) is 4. The zero-order chi connectivity index (χ0) is 14.3. The van der Waals surface area contributed by atoms with E-state index in [1.54, 1.807) is 19.1 Å². The smallest absolute Gasteiger partial charge is 0.407 e. The summed E-state index contributed by atoms with van der Waals surface area (Å²) in [4.78, 5) is 11.1. The van der Waals surface area contributed by atoms with Crippen LogP contribution in [0, 0.1) is 0 Å². The molecule has 0 aliphatic rings. The lowest BCUT2D eigenvalue weighted by molar-refractivity contribution is 0.152. The monoisotopic (exact) mass is 286 g/mol. The van der Waals surface area contributed by atoms with E-state index in [4.69, 9.17) is 9.88 Å². The van der Waals surface area contributed by atoms with Crippen LogP contribution in [0.15, 0.2) is 29.2 Å². The molecule has 0 atom stereocenters. The fourth-order valence-electron chi connectivity index (χ4n) is 1.51. The van der Waals surface area contributed by atoms with Gasteiger partial charge in [0.25, 0.3) is 0 Å². The van der Waals surface area contributed by atoms with Crippen molar-refractivity contribution >= 4 is 16.1 Å². The number of alkyl carbamates (subject to hydrolysis) is 1. The first kappa shape index (κ1) is 15.5. The molecule has 0 saturated heterocycles. The second kappa shape index (κ2) is 7.10. The van der Waals surface area contributed by atoms with Crippen molar-refractivity contribution < 1.29 is 17.9 Å². The maximum atomic E-state index is 11.1. The molecular formula is C12H18N2O4S. The van der Waals surface area contributed by atoms with Crippen molar-refractivity contribution in [3.8, 4) is 0 Å². The Bertz CT molecular complexity index is 511. The van der Waals surface area contributed by atoms with Crippen LogP contribution in [0.2, 0.25) is 0 Å². The Hall–Kier alpha value is -1.60. The molecule has 1 aromatic carbocycles. The minimum absolute atomic E-state index is 0.0981. The fraction of sp³-hybridized carbons (Fsp3) is 0.417. The average molecular weight is 286 g/mol. The zero-order valence-corrected chi connectivity index (χ0v) is 11.6.